The van der Waals surface area contributed by atoms with Crippen molar-refractivity contribution in [2.45, 2.75) is 38.5 Å². The van der Waals surface area contributed by atoms with Gasteiger partial charge in [-0.1, -0.05) is 12.2 Å². The quantitative estimate of drug-likeness (QED) is 0.759. The summed E-state index contributed by atoms with van der Waals surface area (Å²) in [6, 6.07) is 0. The predicted octanol–water partition coefficient (Wildman–Crippen LogP) is 2.19. The van der Waals surface area contributed by atoms with Gasteiger partial charge in [0.2, 0.25) is 5.91 Å². The number of carbonyl (C=O) groups excluding carboxylic acids is 1. The maximum atomic E-state index is 12.2. The SMILES string of the molecule is CNCCC1CCN(C(=O)CC2C=CCC2)CC1. The molecule has 1 heterocycles. The Morgan fingerprint density at radius 2 is 2.11 bits per heavy atom. The number of piperidine rings is 1. The Morgan fingerprint density at radius 3 is 2.72 bits per heavy atom. The van der Waals surface area contributed by atoms with Crippen LogP contribution >= 0.6 is 0 Å². The summed E-state index contributed by atoms with van der Waals surface area (Å²) in [5, 5.41) is 3.21. The molecular weight excluding hydrogens is 224 g/mol. The molecule has 0 aromatic rings. The number of nitrogens with one attached hydrogen (secondary N) is 1. The van der Waals surface area contributed by atoms with Crippen molar-refractivity contribution in [2.24, 2.45) is 11.8 Å². The molecule has 0 radical (unpaired) electrons. The average molecular weight is 250 g/mol. The van der Waals surface area contributed by atoms with Crippen molar-refractivity contribution in [3.05, 3.63) is 12.2 Å². The van der Waals surface area contributed by atoms with E-state index in [0.717, 1.165) is 38.4 Å². The number of hydrogen-bond acceptors (Lipinski definition) is 2. The van der Waals surface area contributed by atoms with E-state index in [9.17, 15) is 4.79 Å². The van der Waals surface area contributed by atoms with Crippen molar-refractivity contribution in [2.75, 3.05) is 26.7 Å². The summed E-state index contributed by atoms with van der Waals surface area (Å²) in [5.41, 5.74) is 0. The highest BCUT2D eigenvalue weighted by Gasteiger charge is 2.24. The molecule has 1 atom stereocenters. The minimum atomic E-state index is 0.374. The van der Waals surface area contributed by atoms with Crippen molar-refractivity contribution in [1.29, 1.82) is 0 Å². The van der Waals surface area contributed by atoms with Gasteiger partial charge in [-0.25, -0.2) is 0 Å². The van der Waals surface area contributed by atoms with Gasteiger partial charge in [0, 0.05) is 19.5 Å². The van der Waals surface area contributed by atoms with Crippen LogP contribution in [0.3, 0.4) is 0 Å². The van der Waals surface area contributed by atoms with E-state index in [0.29, 0.717) is 11.8 Å². The highest BCUT2D eigenvalue weighted by molar-refractivity contribution is 5.76. The first-order chi connectivity index (χ1) is 8.79. The molecule has 0 aromatic carbocycles. The van der Waals surface area contributed by atoms with Crippen molar-refractivity contribution >= 4 is 5.91 Å². The minimum Gasteiger partial charge on any atom is -0.343 e. The van der Waals surface area contributed by atoms with Crippen molar-refractivity contribution in [1.82, 2.24) is 10.2 Å². The molecular formula is C15H26N2O. The standard InChI is InChI=1S/C15H26N2O/c1-16-9-6-13-7-10-17(11-8-13)15(18)12-14-4-2-3-5-14/h2,4,13-14,16H,3,5-12H2,1H3. The summed E-state index contributed by atoms with van der Waals surface area (Å²) in [4.78, 5) is 14.2. The Labute approximate surface area is 111 Å². The minimum absolute atomic E-state index is 0.374. The number of nitrogens with zero attached hydrogens (tertiary/aromatic N) is 1. The molecule has 0 spiro atoms. The fourth-order valence-corrected chi connectivity index (χ4v) is 3.04. The maximum absolute atomic E-state index is 12.2. The molecule has 1 aliphatic carbocycles. The summed E-state index contributed by atoms with van der Waals surface area (Å²) >= 11 is 0. The van der Waals surface area contributed by atoms with Crippen LogP contribution in [0.2, 0.25) is 0 Å². The van der Waals surface area contributed by atoms with Gasteiger partial charge >= 0.3 is 0 Å². The molecule has 1 unspecified atom stereocenters. The number of hydrogen-bond donors (Lipinski definition) is 1. The third kappa shape index (κ3) is 3.84. The topological polar surface area (TPSA) is 32.3 Å². The van der Waals surface area contributed by atoms with Gasteiger partial charge in [0.15, 0.2) is 0 Å². The number of allylic oxidation sites excluding steroid dienone is 2. The van der Waals surface area contributed by atoms with Gasteiger partial charge in [0.25, 0.3) is 0 Å². The molecule has 2 aliphatic rings. The number of likely N-dealkylation sites (tertiary alicyclic amines) is 1. The largest absolute Gasteiger partial charge is 0.343 e. The summed E-state index contributed by atoms with van der Waals surface area (Å²) in [6.45, 7) is 3.05. The first kappa shape index (κ1) is 13.6. The normalized spacial score (nSPS) is 24.7. The zero-order chi connectivity index (χ0) is 12.8. The van der Waals surface area contributed by atoms with Crippen LogP contribution in [0, 0.1) is 11.8 Å². The Kier molecular flexibility index (Phi) is 5.24. The van der Waals surface area contributed by atoms with E-state index < -0.39 is 0 Å². The fourth-order valence-electron chi connectivity index (χ4n) is 3.04. The monoisotopic (exact) mass is 250 g/mol. The van der Waals surface area contributed by atoms with Crippen LogP contribution in [0.25, 0.3) is 0 Å². The third-order valence-electron chi connectivity index (χ3n) is 4.32. The molecule has 18 heavy (non-hydrogen) atoms. The lowest BCUT2D eigenvalue weighted by Gasteiger charge is -2.32. The van der Waals surface area contributed by atoms with Crippen LogP contribution in [-0.2, 0) is 4.79 Å². The molecule has 1 saturated heterocycles. The summed E-state index contributed by atoms with van der Waals surface area (Å²) in [7, 11) is 2.01. The van der Waals surface area contributed by atoms with Crippen LogP contribution < -0.4 is 5.32 Å². The van der Waals surface area contributed by atoms with Gasteiger partial charge in [-0.2, -0.15) is 0 Å². The lowest BCUT2D eigenvalue weighted by atomic mass is 9.93. The second-order valence-electron chi connectivity index (χ2n) is 5.69. The zero-order valence-electron chi connectivity index (χ0n) is 11.5. The molecule has 1 N–H and O–H groups in total. The van der Waals surface area contributed by atoms with Gasteiger partial charge < -0.3 is 10.2 Å². The van der Waals surface area contributed by atoms with Crippen molar-refractivity contribution in [3.63, 3.8) is 0 Å². The molecule has 102 valence electrons. The van der Waals surface area contributed by atoms with Gasteiger partial charge in [0.1, 0.15) is 0 Å². The molecule has 1 amide bonds. The van der Waals surface area contributed by atoms with E-state index in [1.807, 2.05) is 7.05 Å². The second-order valence-corrected chi connectivity index (χ2v) is 5.69. The molecule has 0 bridgehead atoms. The van der Waals surface area contributed by atoms with Crippen LogP contribution in [0.4, 0.5) is 0 Å². The van der Waals surface area contributed by atoms with Crippen molar-refractivity contribution < 1.29 is 4.79 Å². The van der Waals surface area contributed by atoms with Gasteiger partial charge in [-0.3, -0.25) is 4.79 Å². The third-order valence-corrected chi connectivity index (χ3v) is 4.32. The number of rotatable bonds is 5. The fraction of sp³-hybridized carbons (Fsp3) is 0.800. The van der Waals surface area contributed by atoms with E-state index in [1.54, 1.807) is 0 Å². The van der Waals surface area contributed by atoms with Crippen LogP contribution in [0.1, 0.15) is 38.5 Å². The Morgan fingerprint density at radius 1 is 1.33 bits per heavy atom. The maximum Gasteiger partial charge on any atom is 0.223 e. The molecule has 0 saturated carbocycles. The molecule has 1 fully saturated rings. The number of carbonyl (C=O) groups is 1. The second kappa shape index (κ2) is 6.93. The van der Waals surface area contributed by atoms with Crippen LogP contribution in [0.15, 0.2) is 12.2 Å². The van der Waals surface area contributed by atoms with E-state index >= 15 is 0 Å². The average Bonchev–Trinajstić information content (AvgIpc) is 2.89. The molecule has 3 heteroatoms. The first-order valence-electron chi connectivity index (χ1n) is 7.38. The molecule has 1 aliphatic heterocycles. The van der Waals surface area contributed by atoms with Crippen LogP contribution in [0.5, 0.6) is 0 Å². The van der Waals surface area contributed by atoms with Gasteiger partial charge in [0.05, 0.1) is 0 Å². The first-order valence-corrected chi connectivity index (χ1v) is 7.38. The van der Waals surface area contributed by atoms with Crippen LogP contribution in [-0.4, -0.2) is 37.5 Å². The smallest absolute Gasteiger partial charge is 0.223 e. The highest BCUT2D eigenvalue weighted by Crippen LogP contribution is 2.24. The Bertz CT molecular complexity index is 293. The summed E-state index contributed by atoms with van der Waals surface area (Å²) in [6.07, 6.45) is 11.1. The Balaban J connectivity index is 1.68. The lowest BCUT2D eigenvalue weighted by Crippen LogP contribution is -2.39. The summed E-state index contributed by atoms with van der Waals surface area (Å²) in [5.74, 6) is 1.70. The van der Waals surface area contributed by atoms with E-state index in [1.165, 1.54) is 25.7 Å². The zero-order valence-corrected chi connectivity index (χ0v) is 11.5. The Hall–Kier alpha value is -0.830. The van der Waals surface area contributed by atoms with Gasteiger partial charge in [-0.15, -0.1) is 0 Å². The highest BCUT2D eigenvalue weighted by atomic mass is 16.2. The lowest BCUT2D eigenvalue weighted by molar-refractivity contribution is -0.133. The van der Waals surface area contributed by atoms with Crippen molar-refractivity contribution in [3.8, 4) is 0 Å². The molecule has 3 nitrogen and oxygen atoms in total. The van der Waals surface area contributed by atoms with E-state index in [-0.39, 0.29) is 0 Å². The number of amides is 1. The van der Waals surface area contributed by atoms with Gasteiger partial charge in [-0.05, 0) is 57.5 Å². The van der Waals surface area contributed by atoms with E-state index in [4.69, 9.17) is 0 Å². The predicted molar refractivity (Wildman–Crippen MR) is 74.3 cm³/mol. The summed E-state index contributed by atoms with van der Waals surface area (Å²) < 4.78 is 0. The van der Waals surface area contributed by atoms with E-state index in [2.05, 4.69) is 22.4 Å². The molecule has 2 rings (SSSR count). The molecule has 0 aromatic heterocycles.